The lowest BCUT2D eigenvalue weighted by Crippen LogP contribution is -2.31. The number of hydrogen-bond donors (Lipinski definition) is 2. The molecular formula is C19H21ClN4O2. The van der Waals surface area contributed by atoms with Crippen LogP contribution in [0.4, 0.5) is 5.69 Å². The van der Waals surface area contributed by atoms with Gasteiger partial charge in [-0.15, -0.1) is 12.4 Å². The lowest BCUT2D eigenvalue weighted by molar-refractivity contribution is 0.0932. The summed E-state index contributed by atoms with van der Waals surface area (Å²) in [5.41, 5.74) is 10.8. The van der Waals surface area contributed by atoms with Gasteiger partial charge >= 0.3 is 0 Å². The Hall–Kier alpha value is -2.60. The van der Waals surface area contributed by atoms with E-state index in [2.05, 4.69) is 15.5 Å². The Kier molecular flexibility index (Phi) is 5.13. The van der Waals surface area contributed by atoms with Crippen molar-refractivity contribution in [2.45, 2.75) is 38.6 Å². The van der Waals surface area contributed by atoms with Crippen LogP contribution in [0.3, 0.4) is 0 Å². The molecule has 0 aliphatic heterocycles. The average molecular weight is 373 g/mol. The average Bonchev–Trinajstić information content (AvgIpc) is 3.03. The van der Waals surface area contributed by atoms with E-state index in [1.54, 1.807) is 6.07 Å². The molecule has 0 fully saturated rings. The highest BCUT2D eigenvalue weighted by molar-refractivity contribution is 5.97. The molecule has 0 saturated heterocycles. The molecule has 2 heterocycles. The van der Waals surface area contributed by atoms with Crippen LogP contribution in [0.2, 0.25) is 0 Å². The summed E-state index contributed by atoms with van der Waals surface area (Å²) in [6, 6.07) is 7.72. The third kappa shape index (κ3) is 3.24. The third-order valence-corrected chi connectivity index (χ3v) is 4.79. The van der Waals surface area contributed by atoms with E-state index in [4.69, 9.17) is 10.3 Å². The number of nitrogens with one attached hydrogen (secondary N) is 1. The third-order valence-electron chi connectivity index (χ3n) is 4.79. The van der Waals surface area contributed by atoms with E-state index in [0.717, 1.165) is 48.0 Å². The highest BCUT2D eigenvalue weighted by atomic mass is 35.5. The van der Waals surface area contributed by atoms with Crippen LogP contribution < -0.4 is 11.1 Å². The zero-order valence-corrected chi connectivity index (χ0v) is 15.3. The highest BCUT2D eigenvalue weighted by Crippen LogP contribution is 2.31. The molecule has 7 heteroatoms. The maximum absolute atomic E-state index is 12.7. The van der Waals surface area contributed by atoms with Gasteiger partial charge in [-0.25, -0.2) is 4.98 Å². The number of amides is 1. The van der Waals surface area contributed by atoms with Crippen molar-refractivity contribution < 1.29 is 9.32 Å². The van der Waals surface area contributed by atoms with E-state index >= 15 is 0 Å². The number of benzene rings is 1. The second-order valence-corrected chi connectivity index (χ2v) is 6.44. The maximum Gasteiger partial charge on any atom is 0.257 e. The van der Waals surface area contributed by atoms with Crippen LogP contribution in [0.15, 0.2) is 35.0 Å². The Labute approximate surface area is 157 Å². The normalized spacial score (nSPS) is 16.0. The summed E-state index contributed by atoms with van der Waals surface area (Å²) >= 11 is 0. The Morgan fingerprint density at radius 3 is 3.04 bits per heavy atom. The molecule has 0 spiro atoms. The number of rotatable bonds is 3. The molecule has 4 rings (SSSR count). The topological polar surface area (TPSA) is 94.0 Å². The summed E-state index contributed by atoms with van der Waals surface area (Å²) in [6.07, 6.45) is 5.23. The van der Waals surface area contributed by atoms with Gasteiger partial charge in [0, 0.05) is 11.9 Å². The van der Waals surface area contributed by atoms with Crippen LogP contribution in [0.1, 0.15) is 53.0 Å². The van der Waals surface area contributed by atoms with Crippen LogP contribution in [0, 0.1) is 0 Å². The van der Waals surface area contributed by atoms with Gasteiger partial charge in [0.2, 0.25) is 0 Å². The van der Waals surface area contributed by atoms with Crippen molar-refractivity contribution in [2.75, 3.05) is 5.73 Å². The van der Waals surface area contributed by atoms with Crippen molar-refractivity contribution >= 4 is 35.1 Å². The number of aryl methyl sites for hydroxylation is 2. The fourth-order valence-corrected chi connectivity index (χ4v) is 3.48. The van der Waals surface area contributed by atoms with Crippen molar-refractivity contribution in [3.8, 4) is 0 Å². The van der Waals surface area contributed by atoms with E-state index in [9.17, 15) is 4.79 Å². The first kappa shape index (κ1) is 18.2. The second-order valence-electron chi connectivity index (χ2n) is 6.44. The fraction of sp³-hybridized carbons (Fsp3) is 0.316. The standard InChI is InChI=1S/C19H20N4O2.ClH/c1-2-16-15-9-12(10-21-19(15)25-23-16)18(24)22-17-5-3-4-11-8-13(20)6-7-14(11)17;/h6-10,17H,2-5,20H2,1H3,(H,22,24);1H. The molecule has 2 aromatic heterocycles. The van der Waals surface area contributed by atoms with Crippen molar-refractivity contribution in [2.24, 2.45) is 0 Å². The van der Waals surface area contributed by atoms with E-state index in [-0.39, 0.29) is 24.4 Å². The fourth-order valence-electron chi connectivity index (χ4n) is 3.48. The van der Waals surface area contributed by atoms with Gasteiger partial charge in [-0.3, -0.25) is 4.79 Å². The minimum Gasteiger partial charge on any atom is -0.399 e. The van der Waals surface area contributed by atoms with Crippen molar-refractivity contribution in [3.05, 3.63) is 52.8 Å². The Balaban J connectivity index is 0.00000196. The summed E-state index contributed by atoms with van der Waals surface area (Å²) in [7, 11) is 0. The molecule has 3 N–H and O–H groups in total. The number of nitrogens with zero attached hydrogens (tertiary/aromatic N) is 2. The summed E-state index contributed by atoms with van der Waals surface area (Å²) < 4.78 is 5.18. The number of carbonyl (C=O) groups is 1. The maximum atomic E-state index is 12.7. The molecule has 1 amide bonds. The molecule has 1 atom stereocenters. The van der Waals surface area contributed by atoms with Gasteiger partial charge in [0.25, 0.3) is 11.6 Å². The zero-order valence-electron chi connectivity index (χ0n) is 14.5. The molecule has 136 valence electrons. The van der Waals surface area contributed by atoms with Gasteiger partial charge in [-0.1, -0.05) is 18.1 Å². The SMILES string of the molecule is CCc1noc2ncc(C(=O)NC3CCCc4cc(N)ccc43)cc12.Cl. The van der Waals surface area contributed by atoms with Gasteiger partial charge in [0.1, 0.15) is 0 Å². The Morgan fingerprint density at radius 2 is 2.23 bits per heavy atom. The van der Waals surface area contributed by atoms with Crippen LogP contribution >= 0.6 is 12.4 Å². The molecular weight excluding hydrogens is 352 g/mol. The summed E-state index contributed by atoms with van der Waals surface area (Å²) in [6.45, 7) is 1.99. The molecule has 1 aliphatic carbocycles. The predicted molar refractivity (Wildman–Crippen MR) is 102 cm³/mol. The molecule has 6 nitrogen and oxygen atoms in total. The second kappa shape index (κ2) is 7.33. The minimum absolute atomic E-state index is 0. The molecule has 0 saturated carbocycles. The van der Waals surface area contributed by atoms with Crippen molar-refractivity contribution in [3.63, 3.8) is 0 Å². The smallest absolute Gasteiger partial charge is 0.257 e. The number of nitrogens with two attached hydrogens (primary N) is 1. The summed E-state index contributed by atoms with van der Waals surface area (Å²) in [5, 5.41) is 7.92. The number of halogens is 1. The first-order valence-corrected chi connectivity index (χ1v) is 8.59. The molecule has 0 radical (unpaired) electrons. The van der Waals surface area contributed by atoms with E-state index in [1.165, 1.54) is 11.8 Å². The van der Waals surface area contributed by atoms with Crippen LogP contribution in [-0.4, -0.2) is 16.0 Å². The number of fused-ring (bicyclic) bond motifs is 2. The minimum atomic E-state index is -0.132. The molecule has 1 aromatic carbocycles. The monoisotopic (exact) mass is 372 g/mol. The molecule has 0 bridgehead atoms. The van der Waals surface area contributed by atoms with Gasteiger partial charge in [0.05, 0.1) is 22.7 Å². The van der Waals surface area contributed by atoms with E-state index < -0.39 is 0 Å². The summed E-state index contributed by atoms with van der Waals surface area (Å²) in [4.78, 5) is 16.9. The van der Waals surface area contributed by atoms with Crippen LogP contribution in [0.25, 0.3) is 11.1 Å². The van der Waals surface area contributed by atoms with Gasteiger partial charge in [0.15, 0.2) is 0 Å². The first-order chi connectivity index (χ1) is 12.2. The Morgan fingerprint density at radius 1 is 1.38 bits per heavy atom. The lowest BCUT2D eigenvalue weighted by Gasteiger charge is -2.26. The number of nitrogen functional groups attached to an aromatic ring is 1. The largest absolute Gasteiger partial charge is 0.399 e. The van der Waals surface area contributed by atoms with Crippen LogP contribution in [-0.2, 0) is 12.8 Å². The van der Waals surface area contributed by atoms with Crippen molar-refractivity contribution in [1.82, 2.24) is 15.5 Å². The van der Waals surface area contributed by atoms with Gasteiger partial charge < -0.3 is 15.6 Å². The van der Waals surface area contributed by atoms with Crippen LogP contribution in [0.5, 0.6) is 0 Å². The lowest BCUT2D eigenvalue weighted by atomic mass is 9.87. The number of pyridine rings is 1. The predicted octanol–water partition coefficient (Wildman–Crippen LogP) is 3.60. The molecule has 1 aliphatic rings. The van der Waals surface area contributed by atoms with Gasteiger partial charge in [-0.05, 0) is 55.0 Å². The zero-order chi connectivity index (χ0) is 17.4. The van der Waals surface area contributed by atoms with E-state index in [1.807, 2.05) is 25.1 Å². The van der Waals surface area contributed by atoms with Gasteiger partial charge in [-0.2, -0.15) is 0 Å². The van der Waals surface area contributed by atoms with E-state index in [0.29, 0.717) is 11.3 Å². The number of anilines is 1. The molecule has 26 heavy (non-hydrogen) atoms. The summed E-state index contributed by atoms with van der Waals surface area (Å²) in [5.74, 6) is -0.132. The highest BCUT2D eigenvalue weighted by Gasteiger charge is 2.23. The quantitative estimate of drug-likeness (QED) is 0.685. The Bertz CT molecular complexity index is 954. The molecule has 1 unspecified atom stereocenters. The molecule has 3 aromatic rings. The number of carbonyl (C=O) groups excluding carboxylic acids is 1. The first-order valence-electron chi connectivity index (χ1n) is 8.59. The number of hydrogen-bond acceptors (Lipinski definition) is 5. The number of aromatic nitrogens is 2. The van der Waals surface area contributed by atoms with Crippen molar-refractivity contribution in [1.29, 1.82) is 0 Å².